The maximum atomic E-state index is 10.8. The topological polar surface area (TPSA) is 54.0 Å². The summed E-state index contributed by atoms with van der Waals surface area (Å²) in [4.78, 5) is 10.8. The first-order chi connectivity index (χ1) is 12.2. The Bertz CT molecular complexity index is 696. The van der Waals surface area contributed by atoms with Gasteiger partial charge in [0.15, 0.2) is 11.5 Å². The number of rotatable bonds is 10. The molecule has 0 bridgehead atoms. The molecule has 2 aromatic carbocycles. The van der Waals surface area contributed by atoms with Crippen molar-refractivity contribution in [3.63, 3.8) is 0 Å². The third kappa shape index (κ3) is 5.50. The molecule has 0 spiro atoms. The summed E-state index contributed by atoms with van der Waals surface area (Å²) in [6.07, 6.45) is 0.769. The Morgan fingerprint density at radius 1 is 0.880 bits per heavy atom. The van der Waals surface area contributed by atoms with Crippen LogP contribution in [0, 0.1) is 13.8 Å². The SMILES string of the molecule is COc1cc(C=O)ccc1OCCOCCOc1cccc(C)c1C. The van der Waals surface area contributed by atoms with Crippen molar-refractivity contribution in [2.45, 2.75) is 13.8 Å². The minimum Gasteiger partial charge on any atom is -0.493 e. The van der Waals surface area contributed by atoms with Crippen LogP contribution < -0.4 is 14.2 Å². The summed E-state index contributed by atoms with van der Waals surface area (Å²) in [5.41, 5.74) is 2.90. The highest BCUT2D eigenvalue weighted by molar-refractivity contribution is 5.76. The summed E-state index contributed by atoms with van der Waals surface area (Å²) in [6.45, 7) is 5.91. The van der Waals surface area contributed by atoms with Gasteiger partial charge < -0.3 is 18.9 Å². The van der Waals surface area contributed by atoms with Gasteiger partial charge in [-0.15, -0.1) is 0 Å². The first-order valence-electron chi connectivity index (χ1n) is 8.18. The van der Waals surface area contributed by atoms with Crippen LogP contribution in [-0.4, -0.2) is 39.8 Å². The van der Waals surface area contributed by atoms with Gasteiger partial charge >= 0.3 is 0 Å². The molecule has 25 heavy (non-hydrogen) atoms. The molecule has 0 fully saturated rings. The van der Waals surface area contributed by atoms with Crippen LogP contribution in [0.4, 0.5) is 0 Å². The second kappa shape index (κ2) is 9.69. The van der Waals surface area contributed by atoms with Crippen molar-refractivity contribution in [1.29, 1.82) is 0 Å². The summed E-state index contributed by atoms with van der Waals surface area (Å²) in [5.74, 6) is 2.01. The predicted octanol–water partition coefficient (Wildman–Crippen LogP) is 3.60. The van der Waals surface area contributed by atoms with Gasteiger partial charge in [-0.2, -0.15) is 0 Å². The van der Waals surface area contributed by atoms with E-state index in [4.69, 9.17) is 18.9 Å². The predicted molar refractivity (Wildman–Crippen MR) is 96.1 cm³/mol. The van der Waals surface area contributed by atoms with Crippen molar-refractivity contribution in [1.82, 2.24) is 0 Å². The van der Waals surface area contributed by atoms with Gasteiger partial charge in [-0.1, -0.05) is 12.1 Å². The number of ether oxygens (including phenoxy) is 4. The fraction of sp³-hybridized carbons (Fsp3) is 0.350. The molecular formula is C20H24O5. The minimum absolute atomic E-state index is 0.389. The average molecular weight is 344 g/mol. The zero-order valence-electron chi connectivity index (χ0n) is 14.9. The highest BCUT2D eigenvalue weighted by Gasteiger charge is 2.05. The third-order valence-electron chi connectivity index (χ3n) is 3.85. The summed E-state index contributed by atoms with van der Waals surface area (Å²) < 4.78 is 22.1. The third-order valence-corrected chi connectivity index (χ3v) is 3.85. The molecule has 0 atom stereocenters. The summed E-state index contributed by atoms with van der Waals surface area (Å²) in [6, 6.07) is 11.0. The van der Waals surface area contributed by atoms with Gasteiger partial charge in [-0.05, 0) is 49.2 Å². The van der Waals surface area contributed by atoms with Crippen LogP contribution in [0.15, 0.2) is 36.4 Å². The van der Waals surface area contributed by atoms with Crippen molar-refractivity contribution in [3.05, 3.63) is 53.1 Å². The zero-order chi connectivity index (χ0) is 18.1. The normalized spacial score (nSPS) is 10.4. The van der Waals surface area contributed by atoms with E-state index in [2.05, 4.69) is 13.0 Å². The standard InChI is InChI=1S/C20H24O5/c1-15-5-4-6-18(16(15)2)24-11-9-23-10-12-25-19-8-7-17(14-21)13-20(19)22-3/h4-8,13-14H,9-12H2,1-3H3. The maximum Gasteiger partial charge on any atom is 0.161 e. The molecule has 0 heterocycles. The van der Waals surface area contributed by atoms with Crippen LogP contribution in [0.2, 0.25) is 0 Å². The van der Waals surface area contributed by atoms with Crippen LogP contribution in [0.3, 0.4) is 0 Å². The molecule has 0 amide bonds. The Balaban J connectivity index is 1.67. The number of hydrogen-bond donors (Lipinski definition) is 0. The molecule has 0 aliphatic carbocycles. The first-order valence-corrected chi connectivity index (χ1v) is 8.18. The van der Waals surface area contributed by atoms with Gasteiger partial charge in [0, 0.05) is 5.56 Å². The van der Waals surface area contributed by atoms with Gasteiger partial charge in [-0.25, -0.2) is 0 Å². The van der Waals surface area contributed by atoms with Crippen molar-refractivity contribution in [2.75, 3.05) is 33.5 Å². The van der Waals surface area contributed by atoms with Gasteiger partial charge in [0.25, 0.3) is 0 Å². The molecule has 5 heteroatoms. The Morgan fingerprint density at radius 3 is 2.28 bits per heavy atom. The molecule has 0 saturated heterocycles. The molecule has 2 aromatic rings. The molecule has 0 N–H and O–H groups in total. The molecule has 2 rings (SSSR count). The molecule has 0 aliphatic heterocycles. The fourth-order valence-corrected chi connectivity index (χ4v) is 2.28. The van der Waals surface area contributed by atoms with Gasteiger partial charge in [-0.3, -0.25) is 4.79 Å². The summed E-state index contributed by atoms with van der Waals surface area (Å²) in [5, 5.41) is 0. The number of methoxy groups -OCH3 is 1. The van der Waals surface area contributed by atoms with Crippen molar-refractivity contribution in [2.24, 2.45) is 0 Å². The number of aldehydes is 1. The fourth-order valence-electron chi connectivity index (χ4n) is 2.28. The lowest BCUT2D eigenvalue weighted by atomic mass is 10.1. The molecule has 0 unspecified atom stereocenters. The molecular weight excluding hydrogens is 320 g/mol. The van der Waals surface area contributed by atoms with Crippen molar-refractivity contribution < 1.29 is 23.7 Å². The Labute approximate surface area is 148 Å². The monoisotopic (exact) mass is 344 g/mol. The largest absolute Gasteiger partial charge is 0.493 e. The lowest BCUT2D eigenvalue weighted by Gasteiger charge is -2.12. The Morgan fingerprint density at radius 2 is 1.60 bits per heavy atom. The highest BCUT2D eigenvalue weighted by Crippen LogP contribution is 2.27. The number of benzene rings is 2. The lowest BCUT2D eigenvalue weighted by molar-refractivity contribution is 0.0755. The van der Waals surface area contributed by atoms with E-state index in [1.165, 1.54) is 12.7 Å². The summed E-state index contributed by atoms with van der Waals surface area (Å²) >= 11 is 0. The van der Waals surface area contributed by atoms with E-state index < -0.39 is 0 Å². The van der Waals surface area contributed by atoms with E-state index in [1.54, 1.807) is 18.2 Å². The number of hydrogen-bond acceptors (Lipinski definition) is 5. The molecule has 0 radical (unpaired) electrons. The summed E-state index contributed by atoms with van der Waals surface area (Å²) in [7, 11) is 1.54. The number of aryl methyl sites for hydroxylation is 1. The van der Waals surface area contributed by atoms with Crippen molar-refractivity contribution >= 4 is 6.29 Å². The quantitative estimate of drug-likeness (QED) is 0.487. The molecule has 5 nitrogen and oxygen atoms in total. The highest BCUT2D eigenvalue weighted by atomic mass is 16.6. The number of carbonyl (C=O) groups excluding carboxylic acids is 1. The number of carbonyl (C=O) groups is 1. The molecule has 134 valence electrons. The molecule has 0 saturated carbocycles. The lowest BCUT2D eigenvalue weighted by Crippen LogP contribution is -2.12. The smallest absolute Gasteiger partial charge is 0.161 e. The maximum absolute atomic E-state index is 10.8. The molecule has 0 aromatic heterocycles. The van der Waals surface area contributed by atoms with Crippen LogP contribution in [0.5, 0.6) is 17.2 Å². The second-order valence-corrected chi connectivity index (χ2v) is 5.54. The van der Waals surface area contributed by atoms with E-state index in [1.807, 2.05) is 19.1 Å². The van der Waals surface area contributed by atoms with Gasteiger partial charge in [0.2, 0.25) is 0 Å². The Kier molecular flexibility index (Phi) is 7.29. The van der Waals surface area contributed by atoms with Crippen LogP contribution in [0.25, 0.3) is 0 Å². The zero-order valence-corrected chi connectivity index (χ0v) is 14.9. The van der Waals surface area contributed by atoms with E-state index >= 15 is 0 Å². The van der Waals surface area contributed by atoms with E-state index in [0.29, 0.717) is 43.5 Å². The first kappa shape index (κ1) is 18.8. The van der Waals surface area contributed by atoms with Crippen LogP contribution in [0.1, 0.15) is 21.5 Å². The van der Waals surface area contributed by atoms with Crippen molar-refractivity contribution in [3.8, 4) is 17.2 Å². The van der Waals surface area contributed by atoms with Gasteiger partial charge in [0.1, 0.15) is 25.2 Å². The van der Waals surface area contributed by atoms with E-state index in [9.17, 15) is 4.79 Å². The van der Waals surface area contributed by atoms with E-state index in [-0.39, 0.29) is 0 Å². The van der Waals surface area contributed by atoms with E-state index in [0.717, 1.165) is 17.6 Å². The Hall–Kier alpha value is -2.53. The molecule has 0 aliphatic rings. The second-order valence-electron chi connectivity index (χ2n) is 5.54. The van der Waals surface area contributed by atoms with Gasteiger partial charge in [0.05, 0.1) is 20.3 Å². The average Bonchev–Trinajstić information content (AvgIpc) is 2.64. The van der Waals surface area contributed by atoms with Crippen LogP contribution >= 0.6 is 0 Å². The minimum atomic E-state index is 0.389. The van der Waals surface area contributed by atoms with Crippen LogP contribution in [-0.2, 0) is 4.74 Å².